The Labute approximate surface area is 186 Å². The van der Waals surface area contributed by atoms with Crippen LogP contribution in [0.3, 0.4) is 0 Å². The average molecular weight is 462 g/mol. The molecular weight excluding hydrogens is 438 g/mol. The fourth-order valence-electron chi connectivity index (χ4n) is 3.76. The molecule has 164 valence electrons. The Balaban J connectivity index is 1.47. The van der Waals surface area contributed by atoms with Gasteiger partial charge < -0.3 is 5.32 Å². The van der Waals surface area contributed by atoms with Crippen LogP contribution in [0.1, 0.15) is 32.7 Å². The van der Waals surface area contributed by atoms with Crippen molar-refractivity contribution in [3.05, 3.63) is 47.7 Å². The van der Waals surface area contributed by atoms with Crippen LogP contribution >= 0.6 is 11.6 Å². The average Bonchev–Trinajstić information content (AvgIpc) is 3.18. The van der Waals surface area contributed by atoms with Gasteiger partial charge in [-0.15, -0.1) is 0 Å². The number of carbonyl (C=O) groups is 1. The first-order chi connectivity index (χ1) is 14.8. The number of fused-ring (bicyclic) bond motifs is 1. The second-order valence-corrected chi connectivity index (χ2v) is 10.3. The predicted molar refractivity (Wildman–Crippen MR) is 119 cm³/mol. The van der Waals surface area contributed by atoms with Crippen LogP contribution in [0.15, 0.2) is 47.6 Å². The summed E-state index contributed by atoms with van der Waals surface area (Å²) in [4.78, 5) is 17.5. The topological polar surface area (TPSA) is 97.2 Å². The molecule has 8 nitrogen and oxygen atoms in total. The lowest BCUT2D eigenvalue weighted by Crippen LogP contribution is -2.43. The van der Waals surface area contributed by atoms with Crippen LogP contribution in [0.2, 0.25) is 5.02 Å². The molecule has 1 aliphatic rings. The molecule has 3 aromatic rings. The van der Waals surface area contributed by atoms with Crippen molar-refractivity contribution < 1.29 is 13.2 Å². The SMILES string of the molecule is CC(C)n1ncc2cc(NC(=O)C3CCCN(S(=O)(=O)c4ccc(Cl)cc4)C3)cnc21. The zero-order valence-electron chi connectivity index (χ0n) is 17.3. The third-order valence-electron chi connectivity index (χ3n) is 5.40. The quantitative estimate of drug-likeness (QED) is 0.624. The Kier molecular flexibility index (Phi) is 6.00. The monoisotopic (exact) mass is 461 g/mol. The summed E-state index contributed by atoms with van der Waals surface area (Å²) in [5.74, 6) is -0.654. The van der Waals surface area contributed by atoms with Crippen LogP contribution in [0.25, 0.3) is 11.0 Å². The van der Waals surface area contributed by atoms with Gasteiger partial charge in [-0.2, -0.15) is 9.40 Å². The third kappa shape index (κ3) is 4.44. The molecule has 4 rings (SSSR count). The van der Waals surface area contributed by atoms with E-state index in [2.05, 4.69) is 15.4 Å². The lowest BCUT2D eigenvalue weighted by Gasteiger charge is -2.31. The Morgan fingerprint density at radius 2 is 1.97 bits per heavy atom. The molecule has 31 heavy (non-hydrogen) atoms. The number of hydrogen-bond acceptors (Lipinski definition) is 5. The minimum atomic E-state index is -3.68. The Morgan fingerprint density at radius 1 is 1.23 bits per heavy atom. The van der Waals surface area contributed by atoms with Crippen LogP contribution in [0, 0.1) is 5.92 Å². The second-order valence-electron chi connectivity index (χ2n) is 7.97. The van der Waals surface area contributed by atoms with Gasteiger partial charge in [0.1, 0.15) is 0 Å². The molecule has 0 saturated carbocycles. The number of benzene rings is 1. The van der Waals surface area contributed by atoms with Gasteiger partial charge in [0.2, 0.25) is 15.9 Å². The molecule has 0 aliphatic carbocycles. The number of nitrogens with one attached hydrogen (secondary N) is 1. The number of sulfonamides is 1. The number of nitrogens with zero attached hydrogens (tertiary/aromatic N) is 4. The fourth-order valence-corrected chi connectivity index (χ4v) is 5.41. The van der Waals surface area contributed by atoms with Gasteiger partial charge in [0.05, 0.1) is 28.9 Å². The zero-order valence-corrected chi connectivity index (χ0v) is 18.9. The highest BCUT2D eigenvalue weighted by molar-refractivity contribution is 7.89. The van der Waals surface area contributed by atoms with Gasteiger partial charge in [-0.05, 0) is 57.0 Å². The fraction of sp³-hybridized carbons (Fsp3) is 0.381. The summed E-state index contributed by atoms with van der Waals surface area (Å²) in [7, 11) is -3.68. The van der Waals surface area contributed by atoms with E-state index in [0.717, 1.165) is 11.0 Å². The second kappa shape index (κ2) is 8.57. The highest BCUT2D eigenvalue weighted by Crippen LogP contribution is 2.26. The van der Waals surface area contributed by atoms with Crippen molar-refractivity contribution in [3.63, 3.8) is 0 Å². The Hall–Kier alpha value is -2.49. The van der Waals surface area contributed by atoms with Gasteiger partial charge in [-0.25, -0.2) is 18.1 Å². The minimum absolute atomic E-state index is 0.137. The maximum absolute atomic E-state index is 13.0. The van der Waals surface area contributed by atoms with E-state index in [0.29, 0.717) is 30.1 Å². The van der Waals surface area contributed by atoms with Gasteiger partial charge in [-0.3, -0.25) is 4.79 Å². The first-order valence-electron chi connectivity index (χ1n) is 10.2. The number of hydrogen-bond donors (Lipinski definition) is 1. The first kappa shape index (κ1) is 21.7. The number of halogens is 1. The van der Waals surface area contributed by atoms with E-state index in [4.69, 9.17) is 11.6 Å². The van der Waals surface area contributed by atoms with Crippen molar-refractivity contribution in [2.24, 2.45) is 5.92 Å². The van der Waals surface area contributed by atoms with Crippen molar-refractivity contribution in [1.82, 2.24) is 19.1 Å². The van der Waals surface area contributed by atoms with E-state index in [1.54, 1.807) is 24.5 Å². The normalized spacial score (nSPS) is 17.9. The van der Waals surface area contributed by atoms with E-state index in [1.807, 2.05) is 24.6 Å². The summed E-state index contributed by atoms with van der Waals surface area (Å²) in [6.45, 7) is 4.57. The van der Waals surface area contributed by atoms with Crippen LogP contribution in [-0.4, -0.2) is 46.5 Å². The molecule has 0 bridgehead atoms. The Morgan fingerprint density at radius 3 is 2.68 bits per heavy atom. The van der Waals surface area contributed by atoms with Crippen LogP contribution in [-0.2, 0) is 14.8 Å². The summed E-state index contributed by atoms with van der Waals surface area (Å²) in [6.07, 6.45) is 4.56. The van der Waals surface area contributed by atoms with Gasteiger partial charge >= 0.3 is 0 Å². The molecule has 1 aliphatic heterocycles. The van der Waals surface area contributed by atoms with Gasteiger partial charge in [-0.1, -0.05) is 11.6 Å². The molecule has 2 aromatic heterocycles. The third-order valence-corrected chi connectivity index (χ3v) is 7.53. The lowest BCUT2D eigenvalue weighted by atomic mass is 9.99. The number of anilines is 1. The highest BCUT2D eigenvalue weighted by atomic mass is 35.5. The highest BCUT2D eigenvalue weighted by Gasteiger charge is 2.33. The van der Waals surface area contributed by atoms with Gasteiger partial charge in [0.15, 0.2) is 5.65 Å². The number of amides is 1. The number of piperidine rings is 1. The van der Waals surface area contributed by atoms with Crippen molar-refractivity contribution in [2.45, 2.75) is 37.6 Å². The summed E-state index contributed by atoms with van der Waals surface area (Å²) >= 11 is 5.87. The molecule has 1 aromatic carbocycles. The number of pyridine rings is 1. The van der Waals surface area contributed by atoms with Gasteiger partial charge in [0, 0.05) is 29.5 Å². The lowest BCUT2D eigenvalue weighted by molar-refractivity contribution is -0.120. The zero-order chi connectivity index (χ0) is 22.2. The first-order valence-corrected chi connectivity index (χ1v) is 12.0. The van der Waals surface area contributed by atoms with Crippen molar-refractivity contribution in [1.29, 1.82) is 0 Å². The van der Waals surface area contributed by atoms with Crippen LogP contribution in [0.4, 0.5) is 5.69 Å². The van der Waals surface area contributed by atoms with E-state index in [1.165, 1.54) is 16.4 Å². The van der Waals surface area contributed by atoms with E-state index < -0.39 is 15.9 Å². The maximum atomic E-state index is 13.0. The van der Waals surface area contributed by atoms with Crippen molar-refractivity contribution in [3.8, 4) is 0 Å². The van der Waals surface area contributed by atoms with E-state index >= 15 is 0 Å². The minimum Gasteiger partial charge on any atom is -0.324 e. The Bertz CT molecular complexity index is 1210. The van der Waals surface area contributed by atoms with Crippen molar-refractivity contribution in [2.75, 3.05) is 18.4 Å². The molecule has 1 amide bonds. The summed E-state index contributed by atoms with van der Waals surface area (Å²) in [5, 5.41) is 8.53. The van der Waals surface area contributed by atoms with Gasteiger partial charge in [0.25, 0.3) is 0 Å². The number of rotatable bonds is 5. The molecular formula is C21H24ClN5O3S. The number of aromatic nitrogens is 3. The smallest absolute Gasteiger partial charge is 0.243 e. The summed E-state index contributed by atoms with van der Waals surface area (Å²) in [6, 6.07) is 8.08. The molecule has 1 unspecified atom stereocenters. The summed E-state index contributed by atoms with van der Waals surface area (Å²) in [5.41, 5.74) is 1.32. The number of carbonyl (C=O) groups excluding carboxylic acids is 1. The molecule has 1 atom stereocenters. The molecule has 3 heterocycles. The van der Waals surface area contributed by atoms with E-state index in [9.17, 15) is 13.2 Å². The van der Waals surface area contributed by atoms with Crippen LogP contribution in [0.5, 0.6) is 0 Å². The molecule has 0 radical (unpaired) electrons. The van der Waals surface area contributed by atoms with Crippen molar-refractivity contribution >= 4 is 44.3 Å². The molecule has 1 N–H and O–H groups in total. The summed E-state index contributed by atoms with van der Waals surface area (Å²) < 4.78 is 29.1. The largest absolute Gasteiger partial charge is 0.324 e. The maximum Gasteiger partial charge on any atom is 0.243 e. The van der Waals surface area contributed by atoms with Crippen LogP contribution < -0.4 is 5.32 Å². The van der Waals surface area contributed by atoms with E-state index in [-0.39, 0.29) is 23.4 Å². The standard InChI is InChI=1S/C21H24ClN5O3S/c1-14(2)27-20-16(11-24-27)10-18(12-23-20)25-21(28)15-4-3-9-26(13-15)31(29,30)19-7-5-17(22)6-8-19/h5-8,10-12,14-15H,3-4,9,13H2,1-2H3,(H,25,28). The molecule has 1 saturated heterocycles. The predicted octanol–water partition coefficient (Wildman–Crippen LogP) is 3.71. The molecule has 10 heteroatoms. The molecule has 0 spiro atoms. The molecule has 1 fully saturated rings.